The lowest BCUT2D eigenvalue weighted by Crippen LogP contribution is -2.38. The number of ether oxygens (including phenoxy) is 1. The largest absolute Gasteiger partial charge is 0.377 e. The van der Waals surface area contributed by atoms with E-state index in [1.165, 1.54) is 0 Å². The highest BCUT2D eigenvalue weighted by molar-refractivity contribution is 5.78. The Morgan fingerprint density at radius 1 is 1.50 bits per heavy atom. The normalized spacial score (nSPS) is 14.9. The Morgan fingerprint density at radius 3 is 2.57 bits per heavy atom. The van der Waals surface area contributed by atoms with Crippen LogP contribution in [0.25, 0.3) is 0 Å². The third kappa shape index (κ3) is 5.19. The van der Waals surface area contributed by atoms with Gasteiger partial charge in [0.25, 0.3) is 0 Å². The van der Waals surface area contributed by atoms with E-state index in [0.717, 1.165) is 6.42 Å². The monoisotopic (exact) mass is 202 g/mol. The third-order valence-corrected chi connectivity index (χ3v) is 2.16. The molecule has 0 aliphatic heterocycles. The van der Waals surface area contributed by atoms with Gasteiger partial charge in [-0.2, -0.15) is 0 Å². The molecule has 2 unspecified atom stereocenters. The van der Waals surface area contributed by atoms with E-state index >= 15 is 0 Å². The standard InChI is InChI=1S/C10H22N2O2/c1-4-9(6-11)10(13)12-7-8(3)14-5-2/h8-9H,4-7,11H2,1-3H3,(H,12,13). The topological polar surface area (TPSA) is 64.3 Å². The molecule has 0 radical (unpaired) electrons. The van der Waals surface area contributed by atoms with Crippen molar-refractivity contribution < 1.29 is 9.53 Å². The van der Waals surface area contributed by atoms with Gasteiger partial charge in [-0.15, -0.1) is 0 Å². The molecule has 84 valence electrons. The molecule has 0 saturated heterocycles. The molecule has 0 aromatic rings. The Hall–Kier alpha value is -0.610. The Bertz CT molecular complexity index is 158. The van der Waals surface area contributed by atoms with Crippen molar-refractivity contribution in [2.75, 3.05) is 19.7 Å². The predicted molar refractivity (Wildman–Crippen MR) is 56.9 cm³/mol. The summed E-state index contributed by atoms with van der Waals surface area (Å²) in [7, 11) is 0. The maximum atomic E-state index is 11.5. The van der Waals surface area contributed by atoms with E-state index in [0.29, 0.717) is 19.7 Å². The molecule has 4 nitrogen and oxygen atoms in total. The predicted octanol–water partition coefficient (Wildman–Crippen LogP) is 0.513. The second-order valence-electron chi connectivity index (χ2n) is 3.35. The number of carbonyl (C=O) groups is 1. The second-order valence-corrected chi connectivity index (χ2v) is 3.35. The van der Waals surface area contributed by atoms with Crippen molar-refractivity contribution in [3.05, 3.63) is 0 Å². The first kappa shape index (κ1) is 13.4. The minimum Gasteiger partial charge on any atom is -0.377 e. The van der Waals surface area contributed by atoms with E-state index in [1.807, 2.05) is 20.8 Å². The van der Waals surface area contributed by atoms with Crippen molar-refractivity contribution in [3.63, 3.8) is 0 Å². The number of hydrogen-bond donors (Lipinski definition) is 2. The fourth-order valence-electron chi connectivity index (χ4n) is 1.19. The smallest absolute Gasteiger partial charge is 0.224 e. The number of carbonyl (C=O) groups excluding carboxylic acids is 1. The zero-order chi connectivity index (χ0) is 11.0. The van der Waals surface area contributed by atoms with Gasteiger partial charge in [-0.3, -0.25) is 4.79 Å². The quantitative estimate of drug-likeness (QED) is 0.632. The van der Waals surface area contributed by atoms with E-state index in [1.54, 1.807) is 0 Å². The molecule has 0 heterocycles. The van der Waals surface area contributed by atoms with Gasteiger partial charge in [-0.05, 0) is 20.3 Å². The first-order valence-electron chi connectivity index (χ1n) is 5.25. The number of amides is 1. The maximum absolute atomic E-state index is 11.5. The van der Waals surface area contributed by atoms with Crippen molar-refractivity contribution >= 4 is 5.91 Å². The summed E-state index contributed by atoms with van der Waals surface area (Å²) >= 11 is 0. The van der Waals surface area contributed by atoms with E-state index in [-0.39, 0.29) is 17.9 Å². The van der Waals surface area contributed by atoms with Crippen LogP contribution in [0, 0.1) is 5.92 Å². The minimum absolute atomic E-state index is 0.0292. The van der Waals surface area contributed by atoms with E-state index in [4.69, 9.17) is 10.5 Å². The number of hydrogen-bond acceptors (Lipinski definition) is 3. The summed E-state index contributed by atoms with van der Waals surface area (Å²) in [5, 5.41) is 2.83. The average Bonchev–Trinajstić information content (AvgIpc) is 2.17. The highest BCUT2D eigenvalue weighted by Gasteiger charge is 2.14. The van der Waals surface area contributed by atoms with Crippen LogP contribution < -0.4 is 11.1 Å². The molecule has 0 aliphatic carbocycles. The SMILES string of the molecule is CCOC(C)CNC(=O)C(CC)CN. The van der Waals surface area contributed by atoms with Crippen LogP contribution in [0.5, 0.6) is 0 Å². The first-order valence-corrected chi connectivity index (χ1v) is 5.25. The lowest BCUT2D eigenvalue weighted by molar-refractivity contribution is -0.125. The molecule has 0 aromatic heterocycles. The zero-order valence-corrected chi connectivity index (χ0v) is 9.38. The lowest BCUT2D eigenvalue weighted by atomic mass is 10.1. The van der Waals surface area contributed by atoms with Gasteiger partial charge in [0.05, 0.1) is 6.10 Å². The maximum Gasteiger partial charge on any atom is 0.224 e. The molecule has 3 N–H and O–H groups in total. The molecule has 0 aliphatic rings. The van der Waals surface area contributed by atoms with Crippen molar-refractivity contribution in [1.29, 1.82) is 0 Å². The van der Waals surface area contributed by atoms with Crippen LogP contribution in [0.15, 0.2) is 0 Å². The van der Waals surface area contributed by atoms with Crippen molar-refractivity contribution in [2.24, 2.45) is 11.7 Å². The number of nitrogens with one attached hydrogen (secondary N) is 1. The summed E-state index contributed by atoms with van der Waals surface area (Å²) in [5.74, 6) is -0.0367. The third-order valence-electron chi connectivity index (χ3n) is 2.16. The average molecular weight is 202 g/mol. The molecule has 4 heteroatoms. The van der Waals surface area contributed by atoms with Crippen LogP contribution in [0.3, 0.4) is 0 Å². The molecular formula is C10H22N2O2. The van der Waals surface area contributed by atoms with Gasteiger partial charge in [-0.1, -0.05) is 6.92 Å². The van der Waals surface area contributed by atoms with E-state index < -0.39 is 0 Å². The summed E-state index contributed by atoms with van der Waals surface area (Å²) in [6.07, 6.45) is 0.852. The van der Waals surface area contributed by atoms with Crippen molar-refractivity contribution in [1.82, 2.24) is 5.32 Å². The summed E-state index contributed by atoms with van der Waals surface area (Å²) in [5.41, 5.74) is 5.46. The molecule has 0 rings (SSSR count). The molecule has 1 amide bonds. The molecule has 0 aromatic carbocycles. The second kappa shape index (κ2) is 7.76. The number of nitrogens with two attached hydrogens (primary N) is 1. The van der Waals surface area contributed by atoms with E-state index in [2.05, 4.69) is 5.32 Å². The molecule has 14 heavy (non-hydrogen) atoms. The Balaban J connectivity index is 3.71. The summed E-state index contributed by atoms with van der Waals surface area (Å²) in [6, 6.07) is 0. The van der Waals surface area contributed by atoms with Crippen LogP contribution in [0.1, 0.15) is 27.2 Å². The van der Waals surface area contributed by atoms with Gasteiger partial charge in [0.15, 0.2) is 0 Å². The minimum atomic E-state index is -0.0659. The Morgan fingerprint density at radius 2 is 2.14 bits per heavy atom. The van der Waals surface area contributed by atoms with Crippen LogP contribution >= 0.6 is 0 Å². The first-order chi connectivity index (χ1) is 6.65. The summed E-state index contributed by atoms with van der Waals surface area (Å²) in [4.78, 5) is 11.5. The molecule has 0 saturated carbocycles. The molecule has 0 bridgehead atoms. The van der Waals surface area contributed by atoms with Gasteiger partial charge in [-0.25, -0.2) is 0 Å². The van der Waals surface area contributed by atoms with Crippen LogP contribution in [0.2, 0.25) is 0 Å². The molecule has 2 atom stereocenters. The highest BCUT2D eigenvalue weighted by Crippen LogP contribution is 1.99. The molecule has 0 fully saturated rings. The Labute approximate surface area is 86.2 Å². The lowest BCUT2D eigenvalue weighted by Gasteiger charge is -2.16. The molecule has 0 spiro atoms. The van der Waals surface area contributed by atoms with Crippen molar-refractivity contribution in [3.8, 4) is 0 Å². The number of rotatable bonds is 7. The van der Waals surface area contributed by atoms with Crippen molar-refractivity contribution in [2.45, 2.75) is 33.3 Å². The van der Waals surface area contributed by atoms with Crippen LogP contribution in [-0.4, -0.2) is 31.7 Å². The van der Waals surface area contributed by atoms with Gasteiger partial charge >= 0.3 is 0 Å². The molecular weight excluding hydrogens is 180 g/mol. The van der Waals surface area contributed by atoms with Gasteiger partial charge in [0, 0.05) is 25.6 Å². The zero-order valence-electron chi connectivity index (χ0n) is 9.38. The summed E-state index contributed by atoms with van der Waals surface area (Å²) in [6.45, 7) is 7.48. The van der Waals surface area contributed by atoms with Crippen LogP contribution in [0.4, 0.5) is 0 Å². The van der Waals surface area contributed by atoms with Gasteiger partial charge < -0.3 is 15.8 Å². The van der Waals surface area contributed by atoms with Crippen LogP contribution in [-0.2, 0) is 9.53 Å². The Kier molecular flexibility index (Phi) is 7.42. The van der Waals surface area contributed by atoms with E-state index in [9.17, 15) is 4.79 Å². The van der Waals surface area contributed by atoms with Gasteiger partial charge in [0.1, 0.15) is 0 Å². The fourth-order valence-corrected chi connectivity index (χ4v) is 1.19. The highest BCUT2D eigenvalue weighted by atomic mass is 16.5. The fraction of sp³-hybridized carbons (Fsp3) is 0.900. The summed E-state index contributed by atoms with van der Waals surface area (Å²) < 4.78 is 5.29. The van der Waals surface area contributed by atoms with Gasteiger partial charge in [0.2, 0.25) is 5.91 Å².